The highest BCUT2D eigenvalue weighted by molar-refractivity contribution is 5.98. The van der Waals surface area contributed by atoms with Gasteiger partial charge in [-0.05, 0) is 34.9 Å². The normalized spacial score (nSPS) is 12.5. The van der Waals surface area contributed by atoms with Crippen LogP contribution in [0, 0.1) is 0 Å². The van der Waals surface area contributed by atoms with Gasteiger partial charge in [-0.25, -0.2) is 0 Å². The molecule has 0 radical (unpaired) electrons. The molecule has 112 valence electrons. The molecule has 0 amide bonds. The third-order valence-electron chi connectivity index (χ3n) is 3.84. The zero-order chi connectivity index (χ0) is 15.7. The third kappa shape index (κ3) is 2.46. The van der Waals surface area contributed by atoms with E-state index in [4.69, 9.17) is 10.8 Å². The number of carboxylic acids is 1. The van der Waals surface area contributed by atoms with Gasteiger partial charge < -0.3 is 15.4 Å². The Balaban J connectivity index is 2.20. The molecular formula is C17H17N3O2. The highest BCUT2D eigenvalue weighted by Gasteiger charge is 2.18. The van der Waals surface area contributed by atoms with Crippen LogP contribution in [0.15, 0.2) is 48.9 Å². The molecule has 3 rings (SSSR count). The Labute approximate surface area is 128 Å². The minimum atomic E-state index is -0.988. The van der Waals surface area contributed by atoms with Crippen LogP contribution >= 0.6 is 0 Å². The number of nitrogens with zero attached hydrogens (tertiary/aromatic N) is 2. The first-order chi connectivity index (χ1) is 10.6. The molecule has 5 heteroatoms. The number of aromatic nitrogens is 2. The van der Waals surface area contributed by atoms with Gasteiger partial charge in [0, 0.05) is 43.0 Å². The van der Waals surface area contributed by atoms with E-state index in [0.29, 0.717) is 6.42 Å². The molecule has 1 unspecified atom stereocenters. The van der Waals surface area contributed by atoms with E-state index in [1.807, 2.05) is 48.1 Å². The van der Waals surface area contributed by atoms with Crippen molar-refractivity contribution in [3.8, 4) is 11.1 Å². The molecule has 0 bridgehead atoms. The van der Waals surface area contributed by atoms with Crippen LogP contribution in [0.1, 0.15) is 5.56 Å². The van der Waals surface area contributed by atoms with E-state index in [0.717, 1.165) is 27.6 Å². The monoisotopic (exact) mass is 295 g/mol. The lowest BCUT2D eigenvalue weighted by atomic mass is 9.97. The Hall–Kier alpha value is -2.66. The summed E-state index contributed by atoms with van der Waals surface area (Å²) in [4.78, 5) is 15.1. The van der Waals surface area contributed by atoms with Gasteiger partial charge in [-0.1, -0.05) is 12.1 Å². The fourth-order valence-electron chi connectivity index (χ4n) is 2.79. The van der Waals surface area contributed by atoms with Crippen LogP contribution in [-0.2, 0) is 18.3 Å². The number of hydrogen-bond donors (Lipinski definition) is 2. The van der Waals surface area contributed by atoms with Gasteiger partial charge in [-0.2, -0.15) is 0 Å². The molecule has 0 aliphatic heterocycles. The van der Waals surface area contributed by atoms with Crippen LogP contribution in [0.25, 0.3) is 22.0 Å². The summed E-state index contributed by atoms with van der Waals surface area (Å²) in [5.41, 5.74) is 9.84. The maximum Gasteiger partial charge on any atom is 0.320 e. The van der Waals surface area contributed by atoms with Crippen molar-refractivity contribution in [1.29, 1.82) is 0 Å². The van der Waals surface area contributed by atoms with Crippen molar-refractivity contribution in [2.45, 2.75) is 12.5 Å². The van der Waals surface area contributed by atoms with Crippen molar-refractivity contribution in [2.24, 2.45) is 12.8 Å². The van der Waals surface area contributed by atoms with Gasteiger partial charge in [0.15, 0.2) is 0 Å². The number of benzene rings is 1. The van der Waals surface area contributed by atoms with Crippen molar-refractivity contribution >= 4 is 16.9 Å². The summed E-state index contributed by atoms with van der Waals surface area (Å²) in [5, 5.41) is 10.1. The first-order valence-corrected chi connectivity index (χ1v) is 7.03. The fourth-order valence-corrected chi connectivity index (χ4v) is 2.79. The highest BCUT2D eigenvalue weighted by Crippen LogP contribution is 2.32. The molecule has 3 N–H and O–H groups in total. The lowest BCUT2D eigenvalue weighted by molar-refractivity contribution is -0.138. The van der Waals surface area contributed by atoms with E-state index in [-0.39, 0.29) is 0 Å². The molecule has 1 aromatic carbocycles. The maximum absolute atomic E-state index is 11.1. The van der Waals surface area contributed by atoms with Crippen molar-refractivity contribution < 1.29 is 9.90 Å². The van der Waals surface area contributed by atoms with Gasteiger partial charge in [-0.3, -0.25) is 9.78 Å². The van der Waals surface area contributed by atoms with Crippen LogP contribution in [0.2, 0.25) is 0 Å². The number of aliphatic carboxylic acids is 1. The lowest BCUT2D eigenvalue weighted by Gasteiger charge is -2.09. The van der Waals surface area contributed by atoms with Gasteiger partial charge in [0.1, 0.15) is 6.04 Å². The Bertz CT molecular complexity index is 825. The Morgan fingerprint density at radius 2 is 2.05 bits per heavy atom. The van der Waals surface area contributed by atoms with E-state index >= 15 is 0 Å². The number of carbonyl (C=O) groups is 1. The Kier molecular flexibility index (Phi) is 3.65. The SMILES string of the molecule is Cn1cc(CC(N)C(=O)O)c2c(-c3ccncc3)cccc21. The number of carboxylic acid groups (broad SMARTS) is 1. The molecule has 22 heavy (non-hydrogen) atoms. The quantitative estimate of drug-likeness (QED) is 0.773. The molecule has 0 aliphatic rings. The zero-order valence-corrected chi connectivity index (χ0v) is 12.2. The summed E-state index contributed by atoms with van der Waals surface area (Å²) in [6.45, 7) is 0. The van der Waals surface area contributed by atoms with Crippen LogP contribution in [-0.4, -0.2) is 26.7 Å². The van der Waals surface area contributed by atoms with Gasteiger partial charge >= 0.3 is 5.97 Å². The number of aryl methyl sites for hydroxylation is 1. The average molecular weight is 295 g/mol. The number of nitrogens with two attached hydrogens (primary N) is 1. The summed E-state index contributed by atoms with van der Waals surface area (Å²) in [6.07, 6.45) is 5.76. The number of hydrogen-bond acceptors (Lipinski definition) is 3. The fraction of sp³-hybridized carbons (Fsp3) is 0.176. The summed E-state index contributed by atoms with van der Waals surface area (Å²) >= 11 is 0. The Morgan fingerprint density at radius 1 is 1.32 bits per heavy atom. The highest BCUT2D eigenvalue weighted by atomic mass is 16.4. The predicted octanol–water partition coefficient (Wildman–Crippen LogP) is 2.19. The van der Waals surface area contributed by atoms with Crippen molar-refractivity contribution in [3.63, 3.8) is 0 Å². The van der Waals surface area contributed by atoms with Crippen LogP contribution < -0.4 is 5.73 Å². The zero-order valence-electron chi connectivity index (χ0n) is 12.2. The van der Waals surface area contributed by atoms with E-state index in [1.54, 1.807) is 12.4 Å². The van der Waals surface area contributed by atoms with E-state index in [9.17, 15) is 4.79 Å². The van der Waals surface area contributed by atoms with Crippen molar-refractivity contribution in [1.82, 2.24) is 9.55 Å². The van der Waals surface area contributed by atoms with Gasteiger partial charge in [0.05, 0.1) is 0 Å². The molecule has 0 saturated heterocycles. The van der Waals surface area contributed by atoms with Crippen LogP contribution in [0.3, 0.4) is 0 Å². The minimum absolute atomic E-state index is 0.300. The molecule has 5 nitrogen and oxygen atoms in total. The molecule has 2 aromatic heterocycles. The van der Waals surface area contributed by atoms with Crippen molar-refractivity contribution in [3.05, 3.63) is 54.5 Å². The van der Waals surface area contributed by atoms with Crippen LogP contribution in [0.4, 0.5) is 0 Å². The molecule has 0 fully saturated rings. The third-order valence-corrected chi connectivity index (χ3v) is 3.84. The summed E-state index contributed by atoms with van der Waals surface area (Å²) in [7, 11) is 1.95. The average Bonchev–Trinajstić information content (AvgIpc) is 2.84. The molecule has 2 heterocycles. The van der Waals surface area contributed by atoms with Gasteiger partial charge in [-0.15, -0.1) is 0 Å². The number of fused-ring (bicyclic) bond motifs is 1. The number of pyridine rings is 1. The second-order valence-corrected chi connectivity index (χ2v) is 5.35. The minimum Gasteiger partial charge on any atom is -0.480 e. The second kappa shape index (κ2) is 5.61. The molecule has 0 spiro atoms. The topological polar surface area (TPSA) is 81.1 Å². The first-order valence-electron chi connectivity index (χ1n) is 7.03. The molecule has 0 aliphatic carbocycles. The molecule has 1 atom stereocenters. The summed E-state index contributed by atoms with van der Waals surface area (Å²) < 4.78 is 2.00. The smallest absolute Gasteiger partial charge is 0.320 e. The maximum atomic E-state index is 11.1. The molecular weight excluding hydrogens is 278 g/mol. The first kappa shape index (κ1) is 14.3. The lowest BCUT2D eigenvalue weighted by Crippen LogP contribution is -2.32. The van der Waals surface area contributed by atoms with E-state index in [2.05, 4.69) is 4.98 Å². The standard InChI is InChI=1S/C17H17N3O2/c1-20-10-12(9-14(18)17(21)22)16-13(3-2-4-15(16)20)11-5-7-19-8-6-11/h2-8,10,14H,9,18H2,1H3,(H,21,22). The largest absolute Gasteiger partial charge is 0.480 e. The second-order valence-electron chi connectivity index (χ2n) is 5.35. The summed E-state index contributed by atoms with van der Waals surface area (Å²) in [6, 6.07) is 9.05. The molecule has 3 aromatic rings. The van der Waals surface area contributed by atoms with Crippen molar-refractivity contribution in [2.75, 3.05) is 0 Å². The predicted molar refractivity (Wildman–Crippen MR) is 85.5 cm³/mol. The number of rotatable bonds is 4. The van der Waals surface area contributed by atoms with Gasteiger partial charge in [0.25, 0.3) is 0 Å². The van der Waals surface area contributed by atoms with Crippen LogP contribution in [0.5, 0.6) is 0 Å². The van der Waals surface area contributed by atoms with Gasteiger partial charge in [0.2, 0.25) is 0 Å². The molecule has 0 saturated carbocycles. The van der Waals surface area contributed by atoms with E-state index < -0.39 is 12.0 Å². The Morgan fingerprint density at radius 3 is 2.73 bits per heavy atom. The summed E-state index contributed by atoms with van der Waals surface area (Å²) in [5.74, 6) is -0.988. The van der Waals surface area contributed by atoms with E-state index in [1.165, 1.54) is 0 Å².